The van der Waals surface area contributed by atoms with Crippen LogP contribution < -0.4 is 0 Å². The van der Waals surface area contributed by atoms with Crippen molar-refractivity contribution in [2.24, 2.45) is 5.92 Å². The minimum atomic E-state index is -0.538. The Morgan fingerprint density at radius 3 is 2.43 bits per heavy atom. The lowest BCUT2D eigenvalue weighted by Gasteiger charge is -2.26. The van der Waals surface area contributed by atoms with Crippen LogP contribution in [-0.4, -0.2) is 16.1 Å². The lowest BCUT2D eigenvalue weighted by Crippen LogP contribution is -2.35. The van der Waals surface area contributed by atoms with Gasteiger partial charge in [0.2, 0.25) is 0 Å². The van der Waals surface area contributed by atoms with Gasteiger partial charge in [0.05, 0.1) is 11.8 Å². The topological polar surface area (TPSA) is 23.1 Å². The summed E-state index contributed by atoms with van der Waals surface area (Å²) in [7, 11) is 0. The zero-order valence-electron chi connectivity index (χ0n) is 3.76. The molecular weight excluding hydrogens is 132 g/mol. The Hall–Kier alpha value is 0.600. The molecule has 0 aromatic rings. The van der Waals surface area contributed by atoms with Gasteiger partial charge in [-0.05, 0) is 0 Å². The van der Waals surface area contributed by atoms with Gasteiger partial charge in [0, 0.05) is 0 Å². The highest BCUT2D eigenvalue weighted by Crippen LogP contribution is 2.21. The molecule has 1 aliphatic rings. The quantitative estimate of drug-likeness (QED) is 0.490. The lowest BCUT2D eigenvalue weighted by molar-refractivity contribution is 0.554. The summed E-state index contributed by atoms with van der Waals surface area (Å²) in [6.07, 6.45) is 0. The molecule has 1 saturated heterocycles. The zero-order valence-corrected chi connectivity index (χ0v) is 5.34. The first-order chi connectivity index (χ1) is 3.33. The molecule has 0 aromatic heterocycles. The van der Waals surface area contributed by atoms with Crippen molar-refractivity contribution in [2.45, 2.75) is 0 Å². The average Bonchev–Trinajstić information content (AvgIpc) is 1.58. The van der Waals surface area contributed by atoms with Crippen LogP contribution in [-0.2, 0) is 11.2 Å². The minimum Gasteiger partial charge on any atom is -0.616 e. The van der Waals surface area contributed by atoms with Crippen LogP contribution in [0.3, 0.4) is 0 Å². The molecule has 0 aliphatic carbocycles. The smallest absolute Gasteiger partial charge is 0.114 e. The van der Waals surface area contributed by atoms with E-state index in [1.54, 1.807) is 5.88 Å². The number of rotatable bonds is 1. The van der Waals surface area contributed by atoms with E-state index in [2.05, 4.69) is 0 Å². The molecule has 1 heterocycles. The lowest BCUT2D eigenvalue weighted by atomic mass is 10.2. The Morgan fingerprint density at radius 2 is 2.29 bits per heavy atom. The molecule has 1 aliphatic heterocycles. The summed E-state index contributed by atoms with van der Waals surface area (Å²) in [6.45, 7) is 0. The molecule has 1 fully saturated rings. The molecule has 0 amide bonds. The van der Waals surface area contributed by atoms with Gasteiger partial charge < -0.3 is 4.55 Å². The molecule has 0 unspecified atom stereocenters. The standard InChI is InChI=1S/C4H6ClOS/c5-1-4-2-7(6)3-4/h1,4H,2-3H2. The molecule has 1 radical (unpaired) electrons. The highest BCUT2D eigenvalue weighted by molar-refractivity contribution is 7.92. The molecule has 0 saturated carbocycles. The Balaban J connectivity index is 2.06. The molecule has 7 heavy (non-hydrogen) atoms. The molecule has 0 spiro atoms. The van der Waals surface area contributed by atoms with Gasteiger partial charge in [-0.3, -0.25) is 0 Å². The van der Waals surface area contributed by atoms with Crippen LogP contribution in [0.15, 0.2) is 0 Å². The first-order valence-electron chi connectivity index (χ1n) is 2.11. The van der Waals surface area contributed by atoms with Gasteiger partial charge in [0.1, 0.15) is 11.5 Å². The SMILES string of the molecule is [O-][S+]1CC([CH]Cl)C1. The van der Waals surface area contributed by atoms with Crippen LogP contribution in [0.2, 0.25) is 0 Å². The summed E-state index contributed by atoms with van der Waals surface area (Å²) in [5, 5.41) is 0. The average molecular weight is 138 g/mol. The van der Waals surface area contributed by atoms with E-state index in [1.165, 1.54) is 0 Å². The summed E-state index contributed by atoms with van der Waals surface area (Å²) in [4.78, 5) is 0. The van der Waals surface area contributed by atoms with E-state index < -0.39 is 11.2 Å². The van der Waals surface area contributed by atoms with Crippen molar-refractivity contribution < 1.29 is 4.55 Å². The third-order valence-corrected chi connectivity index (χ3v) is 2.93. The molecule has 3 heteroatoms. The van der Waals surface area contributed by atoms with Crippen molar-refractivity contribution in [3.8, 4) is 0 Å². The van der Waals surface area contributed by atoms with E-state index in [-0.39, 0.29) is 0 Å². The third-order valence-electron chi connectivity index (χ3n) is 0.978. The van der Waals surface area contributed by atoms with Crippen LogP contribution in [0, 0.1) is 11.8 Å². The normalized spacial score (nSPS) is 40.3. The Bertz CT molecular complexity index is 62.7. The van der Waals surface area contributed by atoms with Crippen LogP contribution >= 0.6 is 11.6 Å². The second kappa shape index (κ2) is 2.25. The third kappa shape index (κ3) is 1.24. The van der Waals surface area contributed by atoms with E-state index in [0.29, 0.717) is 5.92 Å². The minimum absolute atomic E-state index is 0.433. The fourth-order valence-electron chi connectivity index (χ4n) is 0.501. The van der Waals surface area contributed by atoms with E-state index in [1.807, 2.05) is 0 Å². The zero-order chi connectivity index (χ0) is 5.28. The second-order valence-electron chi connectivity index (χ2n) is 1.66. The molecule has 0 N–H and O–H groups in total. The largest absolute Gasteiger partial charge is 0.616 e. The van der Waals surface area contributed by atoms with Crippen molar-refractivity contribution >= 4 is 22.8 Å². The van der Waals surface area contributed by atoms with Gasteiger partial charge in [-0.25, -0.2) is 0 Å². The molecule has 41 valence electrons. The molecule has 1 nitrogen and oxygen atoms in total. The van der Waals surface area contributed by atoms with E-state index >= 15 is 0 Å². The van der Waals surface area contributed by atoms with Gasteiger partial charge in [-0.2, -0.15) is 0 Å². The van der Waals surface area contributed by atoms with Gasteiger partial charge >= 0.3 is 0 Å². The predicted molar refractivity (Wildman–Crippen MR) is 31.5 cm³/mol. The summed E-state index contributed by atoms with van der Waals surface area (Å²) in [6, 6.07) is 0. The van der Waals surface area contributed by atoms with Crippen molar-refractivity contribution in [3.05, 3.63) is 5.88 Å². The highest BCUT2D eigenvalue weighted by atomic mass is 35.5. The maximum absolute atomic E-state index is 10.3. The van der Waals surface area contributed by atoms with Crippen LogP contribution in [0.25, 0.3) is 0 Å². The van der Waals surface area contributed by atoms with Crippen LogP contribution in [0.4, 0.5) is 0 Å². The predicted octanol–water partition coefficient (Wildman–Crippen LogP) is 0.765. The number of halogens is 1. The van der Waals surface area contributed by atoms with Crippen molar-refractivity contribution in [1.29, 1.82) is 0 Å². The van der Waals surface area contributed by atoms with Gasteiger partial charge in [-0.1, -0.05) is 11.2 Å². The number of hydrogen-bond donors (Lipinski definition) is 0. The Labute approximate surface area is 51.2 Å². The Morgan fingerprint density at radius 1 is 1.71 bits per heavy atom. The highest BCUT2D eigenvalue weighted by Gasteiger charge is 2.30. The first-order valence-corrected chi connectivity index (χ1v) is 4.04. The molecule has 0 aromatic carbocycles. The summed E-state index contributed by atoms with van der Waals surface area (Å²) >= 11 is 4.77. The van der Waals surface area contributed by atoms with Gasteiger partial charge in [0.25, 0.3) is 0 Å². The molecule has 1 rings (SSSR count). The van der Waals surface area contributed by atoms with Crippen molar-refractivity contribution in [1.82, 2.24) is 0 Å². The van der Waals surface area contributed by atoms with Crippen LogP contribution in [0.1, 0.15) is 0 Å². The molecular formula is C4H6ClOS. The first kappa shape index (κ1) is 5.73. The Kier molecular flexibility index (Phi) is 1.84. The van der Waals surface area contributed by atoms with E-state index in [0.717, 1.165) is 11.5 Å². The van der Waals surface area contributed by atoms with Crippen molar-refractivity contribution in [3.63, 3.8) is 0 Å². The van der Waals surface area contributed by atoms with Crippen molar-refractivity contribution in [2.75, 3.05) is 11.5 Å². The van der Waals surface area contributed by atoms with E-state index in [9.17, 15) is 4.55 Å². The molecule has 0 bridgehead atoms. The number of hydrogen-bond acceptors (Lipinski definition) is 1. The molecule has 0 atom stereocenters. The van der Waals surface area contributed by atoms with E-state index in [4.69, 9.17) is 11.6 Å². The van der Waals surface area contributed by atoms with Gasteiger partial charge in [0.15, 0.2) is 0 Å². The van der Waals surface area contributed by atoms with Gasteiger partial charge in [-0.15, -0.1) is 11.6 Å². The fourth-order valence-corrected chi connectivity index (χ4v) is 1.94. The van der Waals surface area contributed by atoms with Crippen LogP contribution in [0.5, 0.6) is 0 Å². The summed E-state index contributed by atoms with van der Waals surface area (Å²) in [5.41, 5.74) is 0. The maximum atomic E-state index is 10.3. The monoisotopic (exact) mass is 137 g/mol. The summed E-state index contributed by atoms with van der Waals surface area (Å²) in [5.74, 6) is 3.59. The maximum Gasteiger partial charge on any atom is 0.114 e. The summed E-state index contributed by atoms with van der Waals surface area (Å²) < 4.78 is 10.3. The second-order valence-corrected chi connectivity index (χ2v) is 3.46. The fraction of sp³-hybridized carbons (Fsp3) is 0.750.